The van der Waals surface area contributed by atoms with Crippen LogP contribution in [-0.4, -0.2) is 25.6 Å². The third-order valence-electron chi connectivity index (χ3n) is 3.82. The number of benzene rings is 1. The van der Waals surface area contributed by atoms with Crippen molar-refractivity contribution in [1.29, 1.82) is 0 Å². The third kappa shape index (κ3) is 3.07. The van der Waals surface area contributed by atoms with Gasteiger partial charge in [0.2, 0.25) is 5.91 Å². The molecule has 1 aromatic rings. The fourth-order valence-corrected chi connectivity index (χ4v) is 2.72. The van der Waals surface area contributed by atoms with E-state index >= 15 is 0 Å². The molecule has 4 heteroatoms. The molecule has 2 rings (SSSR count). The molecule has 19 heavy (non-hydrogen) atoms. The molecule has 1 aromatic carbocycles. The van der Waals surface area contributed by atoms with Crippen molar-refractivity contribution in [2.45, 2.75) is 31.6 Å². The van der Waals surface area contributed by atoms with E-state index in [4.69, 9.17) is 10.5 Å². The number of nitrogens with one attached hydrogen (secondary N) is 1. The minimum atomic E-state index is -0.231. The summed E-state index contributed by atoms with van der Waals surface area (Å²) in [5, 5.41) is 2.92. The van der Waals surface area contributed by atoms with Gasteiger partial charge in [0.25, 0.3) is 0 Å². The number of rotatable bonds is 4. The minimum Gasteiger partial charge on any atom is -0.494 e. The summed E-state index contributed by atoms with van der Waals surface area (Å²) in [6.07, 6.45) is 2.38. The van der Waals surface area contributed by atoms with Crippen molar-refractivity contribution in [3.05, 3.63) is 29.8 Å². The normalized spacial score (nSPS) is 23.6. The van der Waals surface area contributed by atoms with Gasteiger partial charge in [0, 0.05) is 24.9 Å². The summed E-state index contributed by atoms with van der Waals surface area (Å²) in [6, 6.07) is 7.99. The zero-order valence-electron chi connectivity index (χ0n) is 11.4. The molecule has 1 atom stereocenters. The molecule has 1 amide bonds. The standard InChI is InChI=1S/C15H22N2O2/c1-2-19-13-6-4-12(5-7-13)15(11-16)8-3-9-17-14(18)10-15/h4-7H,2-3,8-11,16H2,1H3,(H,17,18). The fraction of sp³-hybridized carbons (Fsp3) is 0.533. The maximum absolute atomic E-state index is 11.8. The Labute approximate surface area is 114 Å². The van der Waals surface area contributed by atoms with Crippen molar-refractivity contribution in [2.24, 2.45) is 5.73 Å². The van der Waals surface area contributed by atoms with Crippen LogP contribution in [-0.2, 0) is 10.2 Å². The lowest BCUT2D eigenvalue weighted by molar-refractivity contribution is -0.121. The molecule has 104 valence electrons. The Hall–Kier alpha value is -1.55. The molecule has 1 saturated heterocycles. The lowest BCUT2D eigenvalue weighted by Gasteiger charge is -2.31. The summed E-state index contributed by atoms with van der Waals surface area (Å²) in [5.74, 6) is 0.952. The molecule has 1 aliphatic rings. The van der Waals surface area contributed by atoms with Crippen molar-refractivity contribution >= 4 is 5.91 Å². The van der Waals surface area contributed by atoms with Crippen LogP contribution in [0.5, 0.6) is 5.75 Å². The summed E-state index contributed by atoms with van der Waals surface area (Å²) >= 11 is 0. The van der Waals surface area contributed by atoms with E-state index in [1.807, 2.05) is 31.2 Å². The first-order chi connectivity index (χ1) is 9.20. The van der Waals surface area contributed by atoms with Gasteiger partial charge in [-0.05, 0) is 37.5 Å². The van der Waals surface area contributed by atoms with Crippen molar-refractivity contribution < 1.29 is 9.53 Å². The topological polar surface area (TPSA) is 64.3 Å². The monoisotopic (exact) mass is 262 g/mol. The van der Waals surface area contributed by atoms with Gasteiger partial charge in [0.05, 0.1) is 6.61 Å². The highest BCUT2D eigenvalue weighted by atomic mass is 16.5. The highest BCUT2D eigenvalue weighted by molar-refractivity contribution is 5.78. The molecule has 0 aromatic heterocycles. The molecule has 0 bridgehead atoms. The number of ether oxygens (including phenoxy) is 1. The van der Waals surface area contributed by atoms with E-state index in [0.717, 1.165) is 30.7 Å². The molecule has 0 spiro atoms. The zero-order valence-corrected chi connectivity index (χ0v) is 11.4. The molecule has 1 aliphatic heterocycles. The molecule has 0 radical (unpaired) electrons. The summed E-state index contributed by atoms with van der Waals surface area (Å²) in [6.45, 7) is 3.86. The SMILES string of the molecule is CCOc1ccc(C2(CN)CCCNC(=O)C2)cc1. The predicted octanol–water partition coefficient (Wildman–Crippen LogP) is 1.58. The quantitative estimate of drug-likeness (QED) is 0.866. The molecule has 1 fully saturated rings. The molecule has 1 heterocycles. The Morgan fingerprint density at radius 3 is 2.74 bits per heavy atom. The van der Waals surface area contributed by atoms with Crippen LogP contribution in [0.3, 0.4) is 0 Å². The van der Waals surface area contributed by atoms with E-state index in [1.165, 1.54) is 0 Å². The second-order valence-corrected chi connectivity index (χ2v) is 5.07. The summed E-state index contributed by atoms with van der Waals surface area (Å²) in [7, 11) is 0. The fourth-order valence-electron chi connectivity index (χ4n) is 2.72. The van der Waals surface area contributed by atoms with Gasteiger partial charge in [-0.25, -0.2) is 0 Å². The van der Waals surface area contributed by atoms with E-state index in [9.17, 15) is 4.79 Å². The highest BCUT2D eigenvalue weighted by Crippen LogP contribution is 2.34. The molecule has 4 nitrogen and oxygen atoms in total. The highest BCUT2D eigenvalue weighted by Gasteiger charge is 2.34. The number of amides is 1. The van der Waals surface area contributed by atoms with Crippen LogP contribution in [0, 0.1) is 0 Å². The van der Waals surface area contributed by atoms with Crippen LogP contribution in [0.2, 0.25) is 0 Å². The van der Waals surface area contributed by atoms with E-state index < -0.39 is 0 Å². The van der Waals surface area contributed by atoms with Gasteiger partial charge in [-0.3, -0.25) is 4.79 Å². The van der Waals surface area contributed by atoms with Gasteiger partial charge in [-0.15, -0.1) is 0 Å². The van der Waals surface area contributed by atoms with Gasteiger partial charge in [-0.2, -0.15) is 0 Å². The predicted molar refractivity (Wildman–Crippen MR) is 75.2 cm³/mol. The Bertz CT molecular complexity index is 430. The van der Waals surface area contributed by atoms with Crippen LogP contribution >= 0.6 is 0 Å². The third-order valence-corrected chi connectivity index (χ3v) is 3.82. The maximum atomic E-state index is 11.8. The minimum absolute atomic E-state index is 0.0943. The van der Waals surface area contributed by atoms with E-state index in [0.29, 0.717) is 19.6 Å². The first kappa shape index (κ1) is 13.9. The Morgan fingerprint density at radius 1 is 1.37 bits per heavy atom. The summed E-state index contributed by atoms with van der Waals surface area (Å²) in [5.41, 5.74) is 6.89. The second-order valence-electron chi connectivity index (χ2n) is 5.07. The molecular formula is C15H22N2O2. The largest absolute Gasteiger partial charge is 0.494 e. The number of hydrogen-bond acceptors (Lipinski definition) is 3. The number of nitrogens with two attached hydrogens (primary N) is 1. The van der Waals surface area contributed by atoms with Gasteiger partial charge >= 0.3 is 0 Å². The van der Waals surface area contributed by atoms with Gasteiger partial charge < -0.3 is 15.8 Å². The van der Waals surface area contributed by atoms with Crippen LogP contribution in [0.1, 0.15) is 31.7 Å². The van der Waals surface area contributed by atoms with E-state index in [2.05, 4.69) is 5.32 Å². The van der Waals surface area contributed by atoms with Crippen molar-refractivity contribution in [1.82, 2.24) is 5.32 Å². The Balaban J connectivity index is 2.26. The first-order valence-corrected chi connectivity index (χ1v) is 6.90. The summed E-state index contributed by atoms with van der Waals surface area (Å²) in [4.78, 5) is 11.8. The van der Waals surface area contributed by atoms with Crippen molar-refractivity contribution in [3.8, 4) is 5.75 Å². The molecule has 3 N–H and O–H groups in total. The van der Waals surface area contributed by atoms with E-state index in [1.54, 1.807) is 0 Å². The van der Waals surface area contributed by atoms with Gasteiger partial charge in [0.1, 0.15) is 5.75 Å². The number of carbonyl (C=O) groups is 1. The van der Waals surface area contributed by atoms with Crippen molar-refractivity contribution in [3.63, 3.8) is 0 Å². The molecule has 0 aliphatic carbocycles. The lowest BCUT2D eigenvalue weighted by Crippen LogP contribution is -2.37. The van der Waals surface area contributed by atoms with Crippen LogP contribution in [0.4, 0.5) is 0 Å². The number of carbonyl (C=O) groups excluding carboxylic acids is 1. The molecule has 1 unspecified atom stereocenters. The van der Waals surface area contributed by atoms with Crippen LogP contribution in [0.15, 0.2) is 24.3 Å². The molecule has 0 saturated carbocycles. The summed E-state index contributed by atoms with van der Waals surface area (Å²) < 4.78 is 5.45. The first-order valence-electron chi connectivity index (χ1n) is 6.90. The lowest BCUT2D eigenvalue weighted by atomic mass is 9.74. The average molecular weight is 262 g/mol. The van der Waals surface area contributed by atoms with Crippen LogP contribution < -0.4 is 15.8 Å². The maximum Gasteiger partial charge on any atom is 0.220 e. The van der Waals surface area contributed by atoms with Gasteiger partial charge in [0.15, 0.2) is 0 Å². The Morgan fingerprint density at radius 2 is 2.11 bits per heavy atom. The van der Waals surface area contributed by atoms with Crippen molar-refractivity contribution in [2.75, 3.05) is 19.7 Å². The van der Waals surface area contributed by atoms with E-state index in [-0.39, 0.29) is 11.3 Å². The number of hydrogen-bond donors (Lipinski definition) is 2. The van der Waals surface area contributed by atoms with Gasteiger partial charge in [-0.1, -0.05) is 12.1 Å². The Kier molecular flexibility index (Phi) is 4.43. The zero-order chi connectivity index (χ0) is 13.7. The van der Waals surface area contributed by atoms with Crippen LogP contribution in [0.25, 0.3) is 0 Å². The average Bonchev–Trinajstić information content (AvgIpc) is 2.62. The smallest absolute Gasteiger partial charge is 0.220 e. The second kappa shape index (κ2) is 6.06. The molecular weight excluding hydrogens is 240 g/mol.